The van der Waals surface area contributed by atoms with Gasteiger partial charge >= 0.3 is 0 Å². The van der Waals surface area contributed by atoms with Gasteiger partial charge in [0.25, 0.3) is 0 Å². The summed E-state index contributed by atoms with van der Waals surface area (Å²) in [6, 6.07) is 0. The molecule has 1 aliphatic heterocycles. The average molecular weight is 231 g/mol. The molecule has 3 rings (SSSR count). The molecule has 0 spiro atoms. The summed E-state index contributed by atoms with van der Waals surface area (Å²) in [4.78, 5) is 9.63. The van der Waals surface area contributed by atoms with Crippen molar-refractivity contribution < 1.29 is 0 Å². The van der Waals surface area contributed by atoms with Crippen LogP contribution < -0.4 is 5.32 Å². The molecule has 2 heterocycles. The second kappa shape index (κ2) is 3.52. The Balaban J connectivity index is 2.05. The molecular weight excluding hydrogens is 210 g/mol. The molecule has 1 aromatic heterocycles. The van der Waals surface area contributed by atoms with Crippen molar-refractivity contribution in [2.75, 3.05) is 0 Å². The molecule has 0 saturated heterocycles. The lowest BCUT2D eigenvalue weighted by Gasteiger charge is -2.12. The van der Waals surface area contributed by atoms with Crippen molar-refractivity contribution in [2.45, 2.75) is 59.0 Å². The molecular formula is C14H21N3. The molecule has 2 aliphatic rings. The lowest BCUT2D eigenvalue weighted by molar-refractivity contribution is 0.602. The quantitative estimate of drug-likeness (QED) is 0.850. The third kappa shape index (κ3) is 1.77. The Bertz CT molecular complexity index is 463. The van der Waals surface area contributed by atoms with E-state index >= 15 is 0 Å². The highest BCUT2D eigenvalue weighted by atomic mass is 15.0. The molecule has 3 nitrogen and oxygen atoms in total. The van der Waals surface area contributed by atoms with Crippen LogP contribution in [0, 0.1) is 5.41 Å². The van der Waals surface area contributed by atoms with Gasteiger partial charge < -0.3 is 5.32 Å². The molecule has 1 aliphatic carbocycles. The number of hydrogen-bond donors (Lipinski definition) is 1. The zero-order valence-electron chi connectivity index (χ0n) is 11.2. The van der Waals surface area contributed by atoms with Crippen LogP contribution in [-0.2, 0) is 13.1 Å². The normalized spacial score (nSPS) is 25.1. The third-order valence-electron chi connectivity index (χ3n) is 4.11. The fourth-order valence-corrected chi connectivity index (χ4v) is 2.76. The second-order valence-electron chi connectivity index (χ2n) is 6.40. The van der Waals surface area contributed by atoms with Crippen LogP contribution in [0.1, 0.15) is 68.7 Å². The Kier molecular flexibility index (Phi) is 2.31. The van der Waals surface area contributed by atoms with E-state index in [9.17, 15) is 0 Å². The van der Waals surface area contributed by atoms with Gasteiger partial charge in [-0.25, -0.2) is 9.97 Å². The minimum atomic E-state index is 0.411. The Morgan fingerprint density at radius 3 is 2.53 bits per heavy atom. The van der Waals surface area contributed by atoms with E-state index < -0.39 is 0 Å². The minimum absolute atomic E-state index is 0.411. The highest BCUT2D eigenvalue weighted by molar-refractivity contribution is 5.33. The molecule has 0 amide bonds. The number of rotatable bonds is 2. The molecule has 1 atom stereocenters. The van der Waals surface area contributed by atoms with E-state index in [1.54, 1.807) is 0 Å². The molecule has 1 N–H and O–H groups in total. The van der Waals surface area contributed by atoms with Crippen LogP contribution in [0.4, 0.5) is 0 Å². The van der Waals surface area contributed by atoms with Gasteiger partial charge in [0, 0.05) is 24.6 Å². The van der Waals surface area contributed by atoms with E-state index in [0.717, 1.165) is 18.9 Å². The molecule has 1 aromatic rings. The van der Waals surface area contributed by atoms with Gasteiger partial charge in [0.1, 0.15) is 5.82 Å². The molecule has 0 bridgehead atoms. The van der Waals surface area contributed by atoms with E-state index in [1.807, 2.05) is 0 Å². The Labute approximate surface area is 103 Å². The first-order valence-electron chi connectivity index (χ1n) is 6.59. The SMILES string of the molecule is CC(C)c1nc(C2CC2(C)C)nc2c1CNC2. The number of aromatic nitrogens is 2. The molecule has 1 fully saturated rings. The van der Waals surface area contributed by atoms with Crippen LogP contribution in [0.2, 0.25) is 0 Å². The van der Waals surface area contributed by atoms with Crippen molar-refractivity contribution >= 4 is 0 Å². The first-order chi connectivity index (χ1) is 7.99. The fraction of sp³-hybridized carbons (Fsp3) is 0.714. The van der Waals surface area contributed by atoms with Gasteiger partial charge in [-0.3, -0.25) is 0 Å². The Morgan fingerprint density at radius 2 is 1.94 bits per heavy atom. The monoisotopic (exact) mass is 231 g/mol. The summed E-state index contributed by atoms with van der Waals surface area (Å²) in [5.41, 5.74) is 4.26. The predicted molar refractivity (Wildman–Crippen MR) is 67.8 cm³/mol. The maximum atomic E-state index is 4.85. The Hall–Kier alpha value is -0.960. The molecule has 17 heavy (non-hydrogen) atoms. The van der Waals surface area contributed by atoms with E-state index in [4.69, 9.17) is 9.97 Å². The van der Waals surface area contributed by atoms with Crippen LogP contribution in [0.25, 0.3) is 0 Å². The fourth-order valence-electron chi connectivity index (χ4n) is 2.76. The summed E-state index contributed by atoms with van der Waals surface area (Å²) in [7, 11) is 0. The summed E-state index contributed by atoms with van der Waals surface area (Å²) in [6.45, 7) is 10.9. The van der Waals surface area contributed by atoms with Crippen LogP contribution in [0.5, 0.6) is 0 Å². The zero-order chi connectivity index (χ0) is 12.2. The maximum Gasteiger partial charge on any atom is 0.132 e. The lowest BCUT2D eigenvalue weighted by atomic mass is 10.0. The van der Waals surface area contributed by atoms with Gasteiger partial charge in [0.2, 0.25) is 0 Å². The van der Waals surface area contributed by atoms with Crippen LogP contribution in [-0.4, -0.2) is 9.97 Å². The van der Waals surface area contributed by atoms with Crippen molar-refractivity contribution in [3.05, 3.63) is 22.8 Å². The topological polar surface area (TPSA) is 37.8 Å². The van der Waals surface area contributed by atoms with Gasteiger partial charge in [0.15, 0.2) is 0 Å². The number of nitrogens with zero attached hydrogens (tertiary/aromatic N) is 2. The molecule has 1 saturated carbocycles. The number of fused-ring (bicyclic) bond motifs is 1. The van der Waals surface area contributed by atoms with Crippen molar-refractivity contribution in [1.82, 2.24) is 15.3 Å². The molecule has 3 heteroatoms. The van der Waals surface area contributed by atoms with Gasteiger partial charge in [0.05, 0.1) is 11.4 Å². The van der Waals surface area contributed by atoms with E-state index in [2.05, 4.69) is 33.0 Å². The standard InChI is InChI=1S/C14H21N3/c1-8(2)12-9-6-15-7-11(9)16-13(17-12)10-5-14(10,3)4/h8,10,15H,5-7H2,1-4H3. The maximum absolute atomic E-state index is 4.85. The molecule has 0 aromatic carbocycles. The number of hydrogen-bond acceptors (Lipinski definition) is 3. The third-order valence-corrected chi connectivity index (χ3v) is 4.11. The van der Waals surface area contributed by atoms with E-state index in [-0.39, 0.29) is 0 Å². The van der Waals surface area contributed by atoms with Crippen molar-refractivity contribution in [3.63, 3.8) is 0 Å². The van der Waals surface area contributed by atoms with Gasteiger partial charge in [-0.1, -0.05) is 27.7 Å². The zero-order valence-corrected chi connectivity index (χ0v) is 11.2. The first-order valence-corrected chi connectivity index (χ1v) is 6.59. The van der Waals surface area contributed by atoms with E-state index in [1.165, 1.54) is 23.4 Å². The summed E-state index contributed by atoms with van der Waals surface area (Å²) in [5.74, 6) is 2.15. The number of nitrogens with one attached hydrogen (secondary N) is 1. The summed E-state index contributed by atoms with van der Waals surface area (Å²) in [6.07, 6.45) is 1.23. The van der Waals surface area contributed by atoms with Gasteiger partial charge in [-0.2, -0.15) is 0 Å². The van der Waals surface area contributed by atoms with Crippen LogP contribution in [0.15, 0.2) is 0 Å². The lowest BCUT2D eigenvalue weighted by Crippen LogP contribution is -2.08. The van der Waals surface area contributed by atoms with Gasteiger partial charge in [-0.15, -0.1) is 0 Å². The smallest absolute Gasteiger partial charge is 0.132 e. The molecule has 1 unspecified atom stereocenters. The summed E-state index contributed by atoms with van der Waals surface area (Å²) in [5, 5.41) is 3.39. The summed E-state index contributed by atoms with van der Waals surface area (Å²) >= 11 is 0. The highest BCUT2D eigenvalue weighted by Crippen LogP contribution is 2.57. The van der Waals surface area contributed by atoms with Crippen molar-refractivity contribution in [3.8, 4) is 0 Å². The minimum Gasteiger partial charge on any atom is -0.307 e. The predicted octanol–water partition coefficient (Wildman–Crippen LogP) is 2.72. The Morgan fingerprint density at radius 1 is 1.24 bits per heavy atom. The van der Waals surface area contributed by atoms with Crippen LogP contribution in [0.3, 0.4) is 0 Å². The first kappa shape index (κ1) is 11.1. The highest BCUT2D eigenvalue weighted by Gasteiger charge is 2.49. The van der Waals surface area contributed by atoms with Crippen molar-refractivity contribution in [2.24, 2.45) is 5.41 Å². The van der Waals surface area contributed by atoms with Crippen molar-refractivity contribution in [1.29, 1.82) is 0 Å². The van der Waals surface area contributed by atoms with Crippen LogP contribution >= 0.6 is 0 Å². The molecule has 92 valence electrons. The summed E-state index contributed by atoms with van der Waals surface area (Å²) < 4.78 is 0. The largest absolute Gasteiger partial charge is 0.307 e. The molecule has 0 radical (unpaired) electrons. The average Bonchev–Trinajstić information content (AvgIpc) is 2.72. The van der Waals surface area contributed by atoms with E-state index in [0.29, 0.717) is 17.3 Å². The second-order valence-corrected chi connectivity index (χ2v) is 6.40. The van der Waals surface area contributed by atoms with Gasteiger partial charge in [-0.05, 0) is 17.8 Å².